The van der Waals surface area contributed by atoms with E-state index in [1.54, 1.807) is 6.07 Å². The number of benzene rings is 2. The Labute approximate surface area is 176 Å². The molecule has 0 heterocycles. The summed E-state index contributed by atoms with van der Waals surface area (Å²) >= 11 is -0.556. The van der Waals surface area contributed by atoms with Crippen molar-refractivity contribution in [2.45, 2.75) is 53.6 Å². The van der Waals surface area contributed by atoms with Gasteiger partial charge in [-0.3, -0.25) is 0 Å². The van der Waals surface area contributed by atoms with Crippen LogP contribution in [0.1, 0.15) is 38.8 Å². The van der Waals surface area contributed by atoms with Crippen LogP contribution in [0.5, 0.6) is 5.75 Å². The summed E-state index contributed by atoms with van der Waals surface area (Å²) in [6.07, 6.45) is 0. The second kappa shape index (κ2) is 11.6. The first kappa shape index (κ1) is 23.8. The van der Waals surface area contributed by atoms with Gasteiger partial charge in [0.2, 0.25) is 0 Å². The molecule has 0 spiro atoms. The molecule has 6 heteroatoms. The predicted octanol–water partition coefficient (Wildman–Crippen LogP) is 5.64. The number of aromatic hydroxyl groups is 1. The molecule has 0 saturated heterocycles. The fourth-order valence-corrected chi connectivity index (χ4v) is 4.47. The number of nitrogens with zero attached hydrogens (tertiary/aromatic N) is 1. The Hall–Kier alpha value is -0.236. The van der Waals surface area contributed by atoms with Crippen LogP contribution in [0.3, 0.4) is 0 Å². The van der Waals surface area contributed by atoms with Crippen LogP contribution in [0.15, 0.2) is 36.4 Å². The predicted molar refractivity (Wildman–Crippen MR) is 116 cm³/mol. The van der Waals surface area contributed by atoms with Gasteiger partial charge in [-0.15, -0.1) is 0 Å². The zero-order valence-corrected chi connectivity index (χ0v) is 20.3. The third kappa shape index (κ3) is 6.73. The summed E-state index contributed by atoms with van der Waals surface area (Å²) in [6, 6.07) is 13.2. The SMILES string of the molecule is Cc1ccc(O)c(Pc2c(C)cccc2N(C(C)C)C(C)C)c1.[Cl][Ti][Cl]. The fourth-order valence-electron chi connectivity index (χ4n) is 3.07. The molecule has 0 aliphatic heterocycles. The molecule has 0 amide bonds. The van der Waals surface area contributed by atoms with Crippen molar-refractivity contribution in [3.8, 4) is 5.75 Å². The number of phenols is 1. The first-order valence-corrected chi connectivity index (χ1v) is 13.9. The van der Waals surface area contributed by atoms with Gasteiger partial charge in [-0.25, -0.2) is 0 Å². The standard InChI is InChI=1S/C20H28NOP.2ClH.Ti/c1-13(2)21(14(3)4)17-9-7-8-16(6)20(17)23-19-12-15(5)10-11-18(19)22;;;/h7-14,22-23H,1-6H3;2*1H;/q;;;+2/p-2. The Kier molecular flexibility index (Phi) is 10.6. The van der Waals surface area contributed by atoms with Crippen LogP contribution in [0.2, 0.25) is 0 Å². The molecule has 0 aliphatic rings. The Balaban J connectivity index is 0.00000105. The average Bonchev–Trinajstić information content (AvgIpc) is 2.54. The minimum absolute atomic E-state index is 0.392. The van der Waals surface area contributed by atoms with E-state index in [0.717, 1.165) is 5.30 Å². The second-order valence-electron chi connectivity index (χ2n) is 6.78. The number of aryl methyl sites for hydroxylation is 2. The molecule has 26 heavy (non-hydrogen) atoms. The van der Waals surface area contributed by atoms with E-state index in [9.17, 15) is 5.11 Å². The molecule has 2 aromatic rings. The number of hydrogen-bond acceptors (Lipinski definition) is 2. The van der Waals surface area contributed by atoms with Gasteiger partial charge in [0.25, 0.3) is 0 Å². The zero-order valence-electron chi connectivity index (χ0n) is 16.3. The maximum atomic E-state index is 10.2. The van der Waals surface area contributed by atoms with E-state index in [-0.39, 0.29) is 0 Å². The van der Waals surface area contributed by atoms with E-state index in [0.29, 0.717) is 26.4 Å². The summed E-state index contributed by atoms with van der Waals surface area (Å²) in [5, 5.41) is 12.6. The summed E-state index contributed by atoms with van der Waals surface area (Å²) in [4.78, 5) is 2.46. The molecule has 2 nitrogen and oxygen atoms in total. The number of anilines is 1. The van der Waals surface area contributed by atoms with Gasteiger partial charge >= 0.3 is 35.6 Å². The Morgan fingerprint density at radius 3 is 2.12 bits per heavy atom. The van der Waals surface area contributed by atoms with Gasteiger partial charge in [0.1, 0.15) is 5.75 Å². The van der Waals surface area contributed by atoms with Gasteiger partial charge in [-0.05, 0) is 65.3 Å². The summed E-state index contributed by atoms with van der Waals surface area (Å²) in [7, 11) is 10.2. The molecule has 0 bridgehead atoms. The quantitative estimate of drug-likeness (QED) is 0.473. The molecule has 1 N–H and O–H groups in total. The molecular formula is C20H28Cl2NOPTi. The average molecular weight is 448 g/mol. The molecule has 0 radical (unpaired) electrons. The number of phenolic OH excluding ortho intramolecular Hbond substituents is 1. The monoisotopic (exact) mass is 447 g/mol. The van der Waals surface area contributed by atoms with E-state index in [1.807, 2.05) is 6.07 Å². The molecule has 2 aromatic carbocycles. The summed E-state index contributed by atoms with van der Waals surface area (Å²) in [6.45, 7) is 13.2. The van der Waals surface area contributed by atoms with Crippen molar-refractivity contribution < 1.29 is 22.1 Å². The van der Waals surface area contributed by atoms with Crippen LogP contribution >= 0.6 is 27.2 Å². The van der Waals surface area contributed by atoms with Gasteiger partial charge in [0.05, 0.1) is 0 Å². The molecule has 142 valence electrons. The summed E-state index contributed by atoms with van der Waals surface area (Å²) in [5.41, 5.74) is 3.76. The van der Waals surface area contributed by atoms with Gasteiger partial charge in [0, 0.05) is 28.4 Å². The minimum atomic E-state index is -0.556. The topological polar surface area (TPSA) is 23.5 Å². The first-order chi connectivity index (χ1) is 12.2. The molecule has 1 unspecified atom stereocenters. The van der Waals surface area contributed by atoms with Crippen LogP contribution < -0.4 is 15.5 Å². The van der Waals surface area contributed by atoms with Crippen molar-refractivity contribution in [3.05, 3.63) is 47.5 Å². The molecule has 0 saturated carbocycles. The Morgan fingerprint density at radius 1 is 1.00 bits per heavy atom. The first-order valence-electron chi connectivity index (χ1n) is 8.63. The number of hydrogen-bond donors (Lipinski definition) is 1. The Bertz CT molecular complexity index is 702. The van der Waals surface area contributed by atoms with Crippen LogP contribution in [0, 0.1) is 13.8 Å². The van der Waals surface area contributed by atoms with E-state index in [1.165, 1.54) is 22.1 Å². The maximum absolute atomic E-state index is 10.2. The molecule has 0 aliphatic carbocycles. The van der Waals surface area contributed by atoms with Crippen molar-refractivity contribution in [1.29, 1.82) is 0 Å². The summed E-state index contributed by atoms with van der Waals surface area (Å²) in [5.74, 6) is 0.392. The van der Waals surface area contributed by atoms with Crippen LogP contribution in [0.4, 0.5) is 5.69 Å². The van der Waals surface area contributed by atoms with Crippen LogP contribution in [0.25, 0.3) is 0 Å². The third-order valence-electron chi connectivity index (χ3n) is 4.05. The van der Waals surface area contributed by atoms with Crippen molar-refractivity contribution in [2.24, 2.45) is 0 Å². The van der Waals surface area contributed by atoms with Gasteiger partial charge < -0.3 is 10.0 Å². The number of halogens is 2. The van der Waals surface area contributed by atoms with Crippen molar-refractivity contribution in [1.82, 2.24) is 0 Å². The molecule has 0 aromatic heterocycles. The van der Waals surface area contributed by atoms with E-state index in [4.69, 9.17) is 18.6 Å². The van der Waals surface area contributed by atoms with Gasteiger partial charge in [-0.1, -0.05) is 32.3 Å². The van der Waals surface area contributed by atoms with Gasteiger partial charge in [0.15, 0.2) is 0 Å². The van der Waals surface area contributed by atoms with E-state index < -0.39 is 17.0 Å². The molecule has 2 rings (SSSR count). The zero-order chi connectivity index (χ0) is 19.9. The van der Waals surface area contributed by atoms with Crippen molar-refractivity contribution in [2.75, 3.05) is 4.90 Å². The second-order valence-corrected chi connectivity index (χ2v) is 10.6. The molecular weight excluding hydrogens is 420 g/mol. The normalized spacial score (nSPS) is 11.0. The van der Waals surface area contributed by atoms with Crippen LogP contribution in [-0.4, -0.2) is 17.2 Å². The van der Waals surface area contributed by atoms with Crippen LogP contribution in [-0.2, 0) is 17.0 Å². The number of rotatable bonds is 5. The fraction of sp³-hybridized carbons (Fsp3) is 0.400. The summed E-state index contributed by atoms with van der Waals surface area (Å²) < 4.78 is 0. The Morgan fingerprint density at radius 2 is 1.58 bits per heavy atom. The molecule has 0 fully saturated rings. The van der Waals surface area contributed by atoms with Crippen molar-refractivity contribution in [3.63, 3.8) is 0 Å². The van der Waals surface area contributed by atoms with E-state index in [2.05, 4.69) is 70.7 Å². The molecule has 1 atom stereocenters. The van der Waals surface area contributed by atoms with E-state index >= 15 is 0 Å². The third-order valence-corrected chi connectivity index (χ3v) is 5.62. The van der Waals surface area contributed by atoms with Gasteiger partial charge in [-0.2, -0.15) is 0 Å². The van der Waals surface area contributed by atoms with Crippen molar-refractivity contribution >= 4 is 43.5 Å².